The van der Waals surface area contributed by atoms with E-state index in [4.69, 9.17) is 4.74 Å². The van der Waals surface area contributed by atoms with E-state index in [0.29, 0.717) is 6.54 Å². The summed E-state index contributed by atoms with van der Waals surface area (Å²) in [4.78, 5) is 0. The van der Waals surface area contributed by atoms with Crippen LogP contribution >= 0.6 is 0 Å². The lowest BCUT2D eigenvalue weighted by Crippen LogP contribution is -2.19. The Balaban J connectivity index is 1.98. The van der Waals surface area contributed by atoms with Gasteiger partial charge in [0.15, 0.2) is 0 Å². The number of methoxy groups -OCH3 is 1. The number of rotatable bonds is 5. The number of nitrogens with one attached hydrogen (secondary N) is 1. The van der Waals surface area contributed by atoms with Crippen molar-refractivity contribution in [2.45, 2.75) is 12.6 Å². The van der Waals surface area contributed by atoms with Crippen LogP contribution in [0.15, 0.2) is 54.6 Å². The lowest BCUT2D eigenvalue weighted by molar-refractivity contribution is 0.414. The maximum atomic E-state index is 9.21. The van der Waals surface area contributed by atoms with Gasteiger partial charge in [0.05, 0.1) is 13.2 Å². The SMILES string of the molecule is COc1ccc(CNC(C#N)c2ccccc2)cc1. The lowest BCUT2D eigenvalue weighted by Gasteiger charge is -2.12. The second-order valence-corrected chi connectivity index (χ2v) is 4.20. The second-order valence-electron chi connectivity index (χ2n) is 4.20. The zero-order chi connectivity index (χ0) is 13.5. The quantitative estimate of drug-likeness (QED) is 0.889. The van der Waals surface area contributed by atoms with Crippen molar-refractivity contribution in [1.82, 2.24) is 5.32 Å². The molecule has 1 N–H and O–H groups in total. The predicted octanol–water partition coefficient (Wildman–Crippen LogP) is 3.05. The number of ether oxygens (including phenoxy) is 1. The topological polar surface area (TPSA) is 45.0 Å². The van der Waals surface area contributed by atoms with Crippen LogP contribution in [0.5, 0.6) is 5.75 Å². The van der Waals surface area contributed by atoms with E-state index in [9.17, 15) is 5.26 Å². The molecule has 0 radical (unpaired) electrons. The molecule has 96 valence electrons. The molecule has 0 aliphatic heterocycles. The van der Waals surface area contributed by atoms with Crippen LogP contribution in [0.2, 0.25) is 0 Å². The van der Waals surface area contributed by atoms with Crippen LogP contribution in [-0.2, 0) is 6.54 Å². The van der Waals surface area contributed by atoms with Crippen LogP contribution in [0, 0.1) is 11.3 Å². The van der Waals surface area contributed by atoms with Crippen molar-refractivity contribution < 1.29 is 4.74 Å². The molecule has 1 atom stereocenters. The highest BCUT2D eigenvalue weighted by molar-refractivity contribution is 5.28. The first-order valence-electron chi connectivity index (χ1n) is 6.14. The van der Waals surface area contributed by atoms with E-state index in [1.54, 1.807) is 7.11 Å². The Hall–Kier alpha value is -2.31. The molecule has 0 saturated carbocycles. The summed E-state index contributed by atoms with van der Waals surface area (Å²) in [5.74, 6) is 0.837. The third kappa shape index (κ3) is 3.57. The summed E-state index contributed by atoms with van der Waals surface area (Å²) in [7, 11) is 1.65. The summed E-state index contributed by atoms with van der Waals surface area (Å²) >= 11 is 0. The van der Waals surface area contributed by atoms with E-state index in [2.05, 4.69) is 11.4 Å². The molecule has 0 aromatic heterocycles. The number of benzene rings is 2. The van der Waals surface area contributed by atoms with E-state index in [0.717, 1.165) is 16.9 Å². The number of hydrogen-bond acceptors (Lipinski definition) is 3. The van der Waals surface area contributed by atoms with Crippen molar-refractivity contribution in [1.29, 1.82) is 5.26 Å². The average molecular weight is 252 g/mol. The van der Waals surface area contributed by atoms with Gasteiger partial charge in [-0.15, -0.1) is 0 Å². The first-order chi connectivity index (χ1) is 9.33. The van der Waals surface area contributed by atoms with Gasteiger partial charge < -0.3 is 4.74 Å². The van der Waals surface area contributed by atoms with Gasteiger partial charge >= 0.3 is 0 Å². The van der Waals surface area contributed by atoms with Crippen molar-refractivity contribution in [3.63, 3.8) is 0 Å². The fourth-order valence-corrected chi connectivity index (χ4v) is 1.85. The largest absolute Gasteiger partial charge is 0.497 e. The Labute approximate surface area is 113 Å². The van der Waals surface area contributed by atoms with Gasteiger partial charge in [-0.05, 0) is 23.3 Å². The molecular weight excluding hydrogens is 236 g/mol. The van der Waals surface area contributed by atoms with Crippen molar-refractivity contribution >= 4 is 0 Å². The van der Waals surface area contributed by atoms with Crippen molar-refractivity contribution in [3.05, 3.63) is 65.7 Å². The fourth-order valence-electron chi connectivity index (χ4n) is 1.85. The van der Waals surface area contributed by atoms with Gasteiger partial charge in [-0.3, -0.25) is 5.32 Å². The molecule has 0 amide bonds. The van der Waals surface area contributed by atoms with E-state index < -0.39 is 0 Å². The highest BCUT2D eigenvalue weighted by Gasteiger charge is 2.08. The third-order valence-electron chi connectivity index (χ3n) is 2.93. The van der Waals surface area contributed by atoms with Gasteiger partial charge in [0, 0.05) is 6.54 Å². The molecule has 0 fully saturated rings. The first kappa shape index (κ1) is 13.1. The van der Waals surface area contributed by atoms with E-state index in [1.807, 2.05) is 54.6 Å². The molecule has 2 aromatic rings. The highest BCUT2D eigenvalue weighted by Crippen LogP contribution is 2.14. The number of nitriles is 1. The number of nitrogens with zero attached hydrogens (tertiary/aromatic N) is 1. The van der Waals surface area contributed by atoms with Crippen LogP contribution in [-0.4, -0.2) is 7.11 Å². The van der Waals surface area contributed by atoms with E-state index in [-0.39, 0.29) is 6.04 Å². The molecule has 0 saturated heterocycles. The van der Waals surface area contributed by atoms with Crippen LogP contribution in [0.3, 0.4) is 0 Å². The Morgan fingerprint density at radius 2 is 1.79 bits per heavy atom. The highest BCUT2D eigenvalue weighted by atomic mass is 16.5. The molecule has 2 rings (SSSR count). The van der Waals surface area contributed by atoms with Crippen LogP contribution < -0.4 is 10.1 Å². The van der Waals surface area contributed by atoms with Crippen LogP contribution in [0.25, 0.3) is 0 Å². The van der Waals surface area contributed by atoms with Crippen LogP contribution in [0.1, 0.15) is 17.2 Å². The standard InChI is InChI=1S/C16H16N2O/c1-19-15-9-7-13(8-10-15)12-18-16(11-17)14-5-3-2-4-6-14/h2-10,16,18H,12H2,1H3. The van der Waals surface area contributed by atoms with Crippen molar-refractivity contribution in [2.75, 3.05) is 7.11 Å². The minimum absolute atomic E-state index is 0.289. The van der Waals surface area contributed by atoms with Gasteiger partial charge in [-0.2, -0.15) is 5.26 Å². The minimum Gasteiger partial charge on any atom is -0.497 e. The van der Waals surface area contributed by atoms with Crippen molar-refractivity contribution in [2.24, 2.45) is 0 Å². The van der Waals surface area contributed by atoms with Gasteiger partial charge in [-0.1, -0.05) is 42.5 Å². The monoisotopic (exact) mass is 252 g/mol. The van der Waals surface area contributed by atoms with Crippen molar-refractivity contribution in [3.8, 4) is 11.8 Å². The fraction of sp³-hybridized carbons (Fsp3) is 0.188. The van der Waals surface area contributed by atoms with Crippen LogP contribution in [0.4, 0.5) is 0 Å². The van der Waals surface area contributed by atoms with Gasteiger partial charge in [0.1, 0.15) is 11.8 Å². The smallest absolute Gasteiger partial charge is 0.121 e. The Kier molecular flexibility index (Phi) is 4.54. The Bertz CT molecular complexity index is 543. The molecule has 3 nitrogen and oxygen atoms in total. The Morgan fingerprint density at radius 1 is 1.11 bits per heavy atom. The van der Waals surface area contributed by atoms with Gasteiger partial charge in [0.25, 0.3) is 0 Å². The molecule has 3 heteroatoms. The molecule has 0 aliphatic rings. The predicted molar refractivity (Wildman–Crippen MR) is 74.6 cm³/mol. The lowest BCUT2D eigenvalue weighted by atomic mass is 10.1. The zero-order valence-corrected chi connectivity index (χ0v) is 10.8. The van der Waals surface area contributed by atoms with E-state index >= 15 is 0 Å². The van der Waals surface area contributed by atoms with Gasteiger partial charge in [-0.25, -0.2) is 0 Å². The molecule has 0 spiro atoms. The molecule has 0 heterocycles. The maximum absolute atomic E-state index is 9.21. The van der Waals surface area contributed by atoms with Gasteiger partial charge in [0.2, 0.25) is 0 Å². The average Bonchev–Trinajstić information content (AvgIpc) is 2.49. The summed E-state index contributed by atoms with van der Waals surface area (Å²) in [6.45, 7) is 0.650. The Morgan fingerprint density at radius 3 is 2.37 bits per heavy atom. The second kappa shape index (κ2) is 6.58. The summed E-state index contributed by atoms with van der Waals surface area (Å²) < 4.78 is 5.11. The summed E-state index contributed by atoms with van der Waals surface area (Å²) in [6, 6.07) is 19.5. The normalized spacial score (nSPS) is 11.6. The zero-order valence-electron chi connectivity index (χ0n) is 10.8. The summed E-state index contributed by atoms with van der Waals surface area (Å²) in [5, 5.41) is 12.4. The molecular formula is C16H16N2O. The maximum Gasteiger partial charge on any atom is 0.121 e. The molecule has 19 heavy (non-hydrogen) atoms. The molecule has 2 aromatic carbocycles. The minimum atomic E-state index is -0.289. The molecule has 1 unspecified atom stereocenters. The molecule has 0 aliphatic carbocycles. The van der Waals surface area contributed by atoms with E-state index in [1.165, 1.54) is 0 Å². The summed E-state index contributed by atoms with van der Waals surface area (Å²) in [6.07, 6.45) is 0. The first-order valence-corrected chi connectivity index (χ1v) is 6.14. The summed E-state index contributed by atoms with van der Waals surface area (Å²) in [5.41, 5.74) is 2.11. The molecule has 0 bridgehead atoms. The third-order valence-corrected chi connectivity index (χ3v) is 2.93. The number of hydrogen-bond donors (Lipinski definition) is 1.